The first-order chi connectivity index (χ1) is 16.1. The quantitative estimate of drug-likeness (QED) is 0.462. The SMILES string of the molecule is Cc1ccc(-c2cccc(-c3noc(C4CC4)n3)c2)nc1-n1cnn(C/C(=C/F)CN)c1=O. The number of aryl methyl sites for hydroxylation is 1. The minimum atomic E-state index is -0.427. The molecule has 1 aliphatic rings. The van der Waals surface area contributed by atoms with Gasteiger partial charge in [0.2, 0.25) is 11.7 Å². The van der Waals surface area contributed by atoms with E-state index in [1.807, 2.05) is 43.3 Å². The molecule has 0 bridgehead atoms. The molecule has 1 saturated carbocycles. The number of nitrogens with zero attached hydrogens (tertiary/aromatic N) is 6. The van der Waals surface area contributed by atoms with Crippen molar-refractivity contribution in [3.8, 4) is 28.5 Å². The maximum atomic E-state index is 12.9. The lowest BCUT2D eigenvalue weighted by Crippen LogP contribution is -2.26. The van der Waals surface area contributed by atoms with Gasteiger partial charge in [0.15, 0.2) is 0 Å². The van der Waals surface area contributed by atoms with Crippen molar-refractivity contribution >= 4 is 0 Å². The predicted molar refractivity (Wildman–Crippen MR) is 119 cm³/mol. The predicted octanol–water partition coefficient (Wildman–Crippen LogP) is 3.14. The van der Waals surface area contributed by atoms with Gasteiger partial charge >= 0.3 is 5.69 Å². The summed E-state index contributed by atoms with van der Waals surface area (Å²) in [5.41, 5.74) is 8.47. The van der Waals surface area contributed by atoms with Crippen LogP contribution in [-0.2, 0) is 6.54 Å². The van der Waals surface area contributed by atoms with E-state index in [9.17, 15) is 9.18 Å². The Morgan fingerprint density at radius 2 is 2.06 bits per heavy atom. The van der Waals surface area contributed by atoms with Crippen LogP contribution in [0.4, 0.5) is 4.39 Å². The first-order valence-electron chi connectivity index (χ1n) is 10.6. The molecule has 3 heterocycles. The first kappa shape index (κ1) is 21.0. The highest BCUT2D eigenvalue weighted by atomic mass is 19.1. The van der Waals surface area contributed by atoms with E-state index in [-0.39, 0.29) is 18.7 Å². The van der Waals surface area contributed by atoms with Crippen molar-refractivity contribution in [2.75, 3.05) is 6.54 Å². The van der Waals surface area contributed by atoms with Crippen LogP contribution in [0.15, 0.2) is 63.9 Å². The summed E-state index contributed by atoms with van der Waals surface area (Å²) < 4.78 is 20.8. The van der Waals surface area contributed by atoms with Gasteiger partial charge in [0.05, 0.1) is 18.6 Å². The second kappa shape index (κ2) is 8.55. The second-order valence-corrected chi connectivity index (χ2v) is 8.06. The van der Waals surface area contributed by atoms with E-state index in [4.69, 9.17) is 15.2 Å². The van der Waals surface area contributed by atoms with Crippen LogP contribution in [0.1, 0.15) is 30.2 Å². The van der Waals surface area contributed by atoms with Crippen molar-refractivity contribution in [1.29, 1.82) is 0 Å². The monoisotopic (exact) mass is 447 g/mol. The van der Waals surface area contributed by atoms with Crippen molar-refractivity contribution in [3.63, 3.8) is 0 Å². The number of aromatic nitrogens is 6. The number of hydrogen-bond donors (Lipinski definition) is 1. The smallest absolute Gasteiger partial charge is 0.339 e. The Morgan fingerprint density at radius 1 is 1.24 bits per heavy atom. The van der Waals surface area contributed by atoms with E-state index >= 15 is 0 Å². The number of rotatable bonds is 7. The Labute approximate surface area is 188 Å². The van der Waals surface area contributed by atoms with Crippen molar-refractivity contribution in [1.82, 2.24) is 29.5 Å². The summed E-state index contributed by atoms with van der Waals surface area (Å²) in [6.45, 7) is 1.84. The largest absolute Gasteiger partial charge is 0.351 e. The molecule has 168 valence electrons. The minimum absolute atomic E-state index is 0.00142. The summed E-state index contributed by atoms with van der Waals surface area (Å²) in [6, 6.07) is 11.5. The molecule has 2 N–H and O–H groups in total. The van der Waals surface area contributed by atoms with Crippen LogP contribution in [-0.4, -0.2) is 36.0 Å². The highest BCUT2D eigenvalue weighted by molar-refractivity contribution is 5.68. The van der Waals surface area contributed by atoms with E-state index < -0.39 is 5.69 Å². The lowest BCUT2D eigenvalue weighted by Gasteiger charge is -2.09. The Kier molecular flexibility index (Phi) is 5.43. The van der Waals surface area contributed by atoms with E-state index in [0.29, 0.717) is 35.5 Å². The molecule has 4 aromatic rings. The standard InChI is InChI=1S/C23H22FN7O2/c1-14-5-8-19(27-21(14)30-13-26-31(23(30)32)12-15(10-24)11-25)17-3-2-4-18(9-17)20-28-22(33-29-20)16-6-7-16/h2-5,8-10,13,16H,6-7,11-12,25H2,1H3/b15-10+. The number of halogens is 1. The first-order valence-corrected chi connectivity index (χ1v) is 10.6. The highest BCUT2D eigenvalue weighted by Crippen LogP contribution is 2.39. The van der Waals surface area contributed by atoms with Gasteiger partial charge in [-0.3, -0.25) is 0 Å². The summed E-state index contributed by atoms with van der Waals surface area (Å²) in [7, 11) is 0. The van der Waals surface area contributed by atoms with Crippen LogP contribution in [0, 0.1) is 6.92 Å². The Morgan fingerprint density at radius 3 is 2.82 bits per heavy atom. The Bertz CT molecular complexity index is 1400. The molecule has 10 heteroatoms. The van der Waals surface area contributed by atoms with Gasteiger partial charge in [-0.25, -0.2) is 23.4 Å². The molecular formula is C23H22FN7O2. The number of pyridine rings is 1. The molecule has 1 aromatic carbocycles. The molecular weight excluding hydrogens is 425 g/mol. The molecule has 0 saturated heterocycles. The van der Waals surface area contributed by atoms with Crippen LogP contribution >= 0.6 is 0 Å². The van der Waals surface area contributed by atoms with E-state index in [0.717, 1.165) is 34.2 Å². The summed E-state index contributed by atoms with van der Waals surface area (Å²) in [5, 5.41) is 8.19. The van der Waals surface area contributed by atoms with Gasteiger partial charge in [-0.1, -0.05) is 29.4 Å². The molecule has 1 fully saturated rings. The third kappa shape index (κ3) is 4.12. The zero-order valence-electron chi connectivity index (χ0n) is 18.0. The molecule has 0 radical (unpaired) electrons. The van der Waals surface area contributed by atoms with Crippen molar-refractivity contribution in [2.45, 2.75) is 32.2 Å². The molecule has 0 unspecified atom stereocenters. The molecule has 1 aliphatic carbocycles. The van der Waals surface area contributed by atoms with E-state index in [1.54, 1.807) is 0 Å². The van der Waals surface area contributed by atoms with Crippen molar-refractivity contribution in [3.05, 3.63) is 76.6 Å². The average molecular weight is 447 g/mol. The number of nitrogens with two attached hydrogens (primary N) is 1. The maximum absolute atomic E-state index is 12.9. The average Bonchev–Trinajstić information content (AvgIpc) is 3.46. The fourth-order valence-corrected chi connectivity index (χ4v) is 3.52. The van der Waals surface area contributed by atoms with E-state index in [2.05, 4.69) is 15.2 Å². The molecule has 0 spiro atoms. The minimum Gasteiger partial charge on any atom is -0.339 e. The topological polar surface area (TPSA) is 118 Å². The van der Waals surface area contributed by atoms with Gasteiger partial charge in [0.1, 0.15) is 12.1 Å². The lowest BCUT2D eigenvalue weighted by molar-refractivity contribution is 0.380. The third-order valence-electron chi connectivity index (χ3n) is 5.59. The van der Waals surface area contributed by atoms with Crippen molar-refractivity contribution < 1.29 is 8.91 Å². The summed E-state index contributed by atoms with van der Waals surface area (Å²) in [5.74, 6) is 2.06. The lowest BCUT2D eigenvalue weighted by atomic mass is 10.1. The molecule has 0 atom stereocenters. The van der Waals surface area contributed by atoms with Gasteiger partial charge in [-0.15, -0.1) is 0 Å². The fourth-order valence-electron chi connectivity index (χ4n) is 3.52. The van der Waals surface area contributed by atoms with Crippen LogP contribution in [0.3, 0.4) is 0 Å². The molecule has 3 aromatic heterocycles. The maximum Gasteiger partial charge on any atom is 0.351 e. The highest BCUT2D eigenvalue weighted by Gasteiger charge is 2.29. The van der Waals surface area contributed by atoms with Crippen molar-refractivity contribution in [2.24, 2.45) is 5.73 Å². The Balaban J connectivity index is 1.48. The normalized spacial score (nSPS) is 14.1. The Hall–Kier alpha value is -3.92. The van der Waals surface area contributed by atoms with Crippen LogP contribution in [0.5, 0.6) is 0 Å². The van der Waals surface area contributed by atoms with Crippen LogP contribution < -0.4 is 11.4 Å². The van der Waals surface area contributed by atoms with Gasteiger partial charge < -0.3 is 10.3 Å². The summed E-state index contributed by atoms with van der Waals surface area (Å²) >= 11 is 0. The van der Waals surface area contributed by atoms with E-state index in [1.165, 1.54) is 10.9 Å². The van der Waals surface area contributed by atoms with Gasteiger partial charge in [0, 0.05) is 23.6 Å². The zero-order valence-corrected chi connectivity index (χ0v) is 18.0. The van der Waals surface area contributed by atoms with Crippen LogP contribution in [0.2, 0.25) is 0 Å². The molecule has 0 aliphatic heterocycles. The second-order valence-electron chi connectivity index (χ2n) is 8.06. The zero-order chi connectivity index (χ0) is 22.9. The molecule has 0 amide bonds. The summed E-state index contributed by atoms with van der Waals surface area (Å²) in [6.07, 6.45) is 3.96. The molecule has 33 heavy (non-hydrogen) atoms. The molecule has 9 nitrogen and oxygen atoms in total. The van der Waals surface area contributed by atoms with Crippen LogP contribution in [0.25, 0.3) is 28.5 Å². The molecule has 5 rings (SSSR count). The summed E-state index contributed by atoms with van der Waals surface area (Å²) in [4.78, 5) is 22.1. The van der Waals surface area contributed by atoms with Gasteiger partial charge in [0.25, 0.3) is 0 Å². The van der Waals surface area contributed by atoms with Gasteiger partial charge in [-0.2, -0.15) is 10.1 Å². The van der Waals surface area contributed by atoms with Gasteiger partial charge in [-0.05, 0) is 43.0 Å². The fraction of sp³-hybridized carbons (Fsp3) is 0.261. The third-order valence-corrected chi connectivity index (χ3v) is 5.59. The number of hydrogen-bond acceptors (Lipinski definition) is 7. The number of benzene rings is 1.